The van der Waals surface area contributed by atoms with Crippen molar-refractivity contribution in [3.8, 4) is 0 Å². The van der Waals surface area contributed by atoms with Crippen molar-refractivity contribution >= 4 is 0 Å². The molecule has 146 valence electrons. The normalized spacial score (nSPS) is 26.9. The Labute approximate surface area is 158 Å². The van der Waals surface area contributed by atoms with E-state index in [0.717, 1.165) is 45.4 Å². The molecule has 0 unspecified atom stereocenters. The summed E-state index contributed by atoms with van der Waals surface area (Å²) < 4.78 is 14.3. The third-order valence-corrected chi connectivity index (χ3v) is 6.91. The van der Waals surface area contributed by atoms with Gasteiger partial charge in [-0.3, -0.25) is 9.58 Å². The Hall–Kier alpha value is -0.910. The van der Waals surface area contributed by atoms with E-state index in [1.54, 1.807) is 0 Å². The predicted molar refractivity (Wildman–Crippen MR) is 102 cm³/mol. The van der Waals surface area contributed by atoms with Crippen LogP contribution in [0.15, 0.2) is 12.4 Å². The fourth-order valence-electron chi connectivity index (χ4n) is 5.30. The molecule has 0 radical (unpaired) electrons. The number of likely N-dealkylation sites (tertiary alicyclic amines) is 1. The first-order valence-corrected chi connectivity index (χ1v) is 10.7. The maximum atomic E-state index is 6.33. The van der Waals surface area contributed by atoms with E-state index in [9.17, 15) is 0 Å². The van der Waals surface area contributed by atoms with Crippen molar-refractivity contribution in [1.29, 1.82) is 0 Å². The number of piperidine rings is 1. The van der Waals surface area contributed by atoms with Crippen molar-refractivity contribution in [3.05, 3.63) is 18.0 Å². The quantitative estimate of drug-likeness (QED) is 0.698. The van der Waals surface area contributed by atoms with E-state index in [4.69, 9.17) is 9.47 Å². The summed E-state index contributed by atoms with van der Waals surface area (Å²) in [7, 11) is 1.99. The molecule has 0 amide bonds. The first-order chi connectivity index (χ1) is 12.7. The van der Waals surface area contributed by atoms with Gasteiger partial charge < -0.3 is 9.47 Å². The smallest absolute Gasteiger partial charge is 0.0736 e. The van der Waals surface area contributed by atoms with Gasteiger partial charge in [0, 0.05) is 58.3 Å². The van der Waals surface area contributed by atoms with Gasteiger partial charge in [-0.15, -0.1) is 0 Å². The van der Waals surface area contributed by atoms with Crippen molar-refractivity contribution in [2.75, 3.05) is 32.9 Å². The van der Waals surface area contributed by atoms with E-state index in [2.05, 4.69) is 16.2 Å². The Morgan fingerprint density at radius 2 is 2.04 bits per heavy atom. The van der Waals surface area contributed by atoms with Crippen molar-refractivity contribution in [2.24, 2.45) is 18.9 Å². The molecule has 2 saturated heterocycles. The second-order valence-electron chi connectivity index (χ2n) is 8.71. The van der Waals surface area contributed by atoms with Crippen molar-refractivity contribution in [2.45, 2.75) is 63.5 Å². The van der Waals surface area contributed by atoms with Crippen LogP contribution >= 0.6 is 0 Å². The van der Waals surface area contributed by atoms with Crippen molar-refractivity contribution in [3.63, 3.8) is 0 Å². The maximum Gasteiger partial charge on any atom is 0.0736 e. The van der Waals surface area contributed by atoms with Crippen LogP contribution in [0.5, 0.6) is 0 Å². The van der Waals surface area contributed by atoms with Crippen LogP contribution in [0.25, 0.3) is 0 Å². The Morgan fingerprint density at radius 3 is 2.77 bits per heavy atom. The lowest BCUT2D eigenvalue weighted by atomic mass is 9.78. The fraction of sp³-hybridized carbons (Fsp3) is 0.857. The van der Waals surface area contributed by atoms with Crippen LogP contribution in [-0.2, 0) is 23.1 Å². The Bertz CT molecular complexity index is 559. The van der Waals surface area contributed by atoms with Gasteiger partial charge in [0.2, 0.25) is 0 Å². The number of hydrogen-bond acceptors (Lipinski definition) is 4. The zero-order valence-electron chi connectivity index (χ0n) is 16.4. The molecule has 1 atom stereocenters. The molecule has 0 N–H and O–H groups in total. The van der Waals surface area contributed by atoms with Crippen molar-refractivity contribution in [1.82, 2.24) is 14.7 Å². The average molecular weight is 362 g/mol. The second kappa shape index (κ2) is 8.41. The largest absolute Gasteiger partial charge is 0.381 e. The lowest BCUT2D eigenvalue weighted by Crippen LogP contribution is -2.47. The van der Waals surface area contributed by atoms with E-state index >= 15 is 0 Å². The van der Waals surface area contributed by atoms with Gasteiger partial charge >= 0.3 is 0 Å². The summed E-state index contributed by atoms with van der Waals surface area (Å²) in [6.07, 6.45) is 14.4. The van der Waals surface area contributed by atoms with Gasteiger partial charge in [-0.2, -0.15) is 5.10 Å². The average Bonchev–Trinajstić information content (AvgIpc) is 3.37. The monoisotopic (exact) mass is 361 g/mol. The first kappa shape index (κ1) is 18.5. The number of ether oxygens (including phenoxy) is 2. The fourth-order valence-corrected chi connectivity index (χ4v) is 5.30. The highest BCUT2D eigenvalue weighted by Crippen LogP contribution is 2.42. The van der Waals surface area contributed by atoms with E-state index in [-0.39, 0.29) is 5.60 Å². The highest BCUT2D eigenvalue weighted by atomic mass is 16.5. The number of hydrogen-bond donors (Lipinski definition) is 0. The molecule has 1 aromatic rings. The molecule has 5 heteroatoms. The highest BCUT2D eigenvalue weighted by molar-refractivity contribution is 5.05. The summed E-state index contributed by atoms with van der Waals surface area (Å²) in [6.45, 7) is 6.13. The van der Waals surface area contributed by atoms with Crippen LogP contribution < -0.4 is 0 Å². The number of nitrogens with zero attached hydrogens (tertiary/aromatic N) is 3. The van der Waals surface area contributed by atoms with Gasteiger partial charge in [-0.05, 0) is 50.4 Å². The molecule has 3 heterocycles. The molecular weight excluding hydrogens is 326 g/mol. The summed E-state index contributed by atoms with van der Waals surface area (Å²) in [5.74, 6) is 1.52. The molecule has 2 aliphatic heterocycles. The summed E-state index contributed by atoms with van der Waals surface area (Å²) in [6, 6.07) is 0. The number of rotatable bonds is 7. The molecule has 0 aromatic carbocycles. The lowest BCUT2D eigenvalue weighted by Gasteiger charge is -2.42. The zero-order valence-corrected chi connectivity index (χ0v) is 16.4. The maximum absolute atomic E-state index is 6.33. The Morgan fingerprint density at radius 1 is 1.23 bits per heavy atom. The molecule has 3 aliphatic rings. The summed E-state index contributed by atoms with van der Waals surface area (Å²) >= 11 is 0. The molecule has 1 spiro atoms. The molecule has 3 fully saturated rings. The standard InChI is InChI=1S/C21H35N3O2/c1-23-15-19(14-22-23)16-24-10-8-21(9-11-24)20(7-13-26-21)6-12-25-17-18-4-2-3-5-18/h14-15,18,20H,2-13,16-17H2,1H3/t20-/m0/s1. The molecule has 26 heavy (non-hydrogen) atoms. The lowest BCUT2D eigenvalue weighted by molar-refractivity contribution is -0.0734. The number of aryl methyl sites for hydroxylation is 1. The van der Waals surface area contributed by atoms with Gasteiger partial charge in [-0.25, -0.2) is 0 Å². The molecule has 1 saturated carbocycles. The zero-order chi connectivity index (χ0) is 17.8. The van der Waals surface area contributed by atoms with Gasteiger partial charge in [0.25, 0.3) is 0 Å². The van der Waals surface area contributed by atoms with Crippen LogP contribution in [0, 0.1) is 11.8 Å². The van der Waals surface area contributed by atoms with Gasteiger partial charge in [0.1, 0.15) is 0 Å². The minimum atomic E-state index is 0.127. The summed E-state index contributed by atoms with van der Waals surface area (Å²) in [4.78, 5) is 2.55. The summed E-state index contributed by atoms with van der Waals surface area (Å²) in [5.41, 5.74) is 1.44. The Kier molecular flexibility index (Phi) is 5.97. The van der Waals surface area contributed by atoms with Gasteiger partial charge in [0.15, 0.2) is 0 Å². The van der Waals surface area contributed by atoms with Gasteiger partial charge in [0.05, 0.1) is 11.8 Å². The van der Waals surface area contributed by atoms with E-state index in [1.807, 2.05) is 17.9 Å². The van der Waals surface area contributed by atoms with Crippen LogP contribution in [-0.4, -0.2) is 53.2 Å². The third-order valence-electron chi connectivity index (χ3n) is 6.91. The topological polar surface area (TPSA) is 39.5 Å². The minimum absolute atomic E-state index is 0.127. The second-order valence-corrected chi connectivity index (χ2v) is 8.71. The van der Waals surface area contributed by atoms with E-state index in [1.165, 1.54) is 56.9 Å². The van der Waals surface area contributed by atoms with Crippen molar-refractivity contribution < 1.29 is 9.47 Å². The molecular formula is C21H35N3O2. The van der Waals surface area contributed by atoms with Crippen LogP contribution in [0.2, 0.25) is 0 Å². The molecule has 1 aromatic heterocycles. The first-order valence-electron chi connectivity index (χ1n) is 10.7. The van der Waals surface area contributed by atoms with E-state index < -0.39 is 0 Å². The van der Waals surface area contributed by atoms with Crippen LogP contribution in [0.4, 0.5) is 0 Å². The SMILES string of the molecule is Cn1cc(CN2CCC3(CC2)OCC[C@@H]3CCOCC2CCCC2)cn1. The minimum Gasteiger partial charge on any atom is -0.381 e. The highest BCUT2D eigenvalue weighted by Gasteiger charge is 2.45. The molecule has 5 nitrogen and oxygen atoms in total. The predicted octanol–water partition coefficient (Wildman–Crippen LogP) is 3.39. The van der Waals surface area contributed by atoms with Gasteiger partial charge in [-0.1, -0.05) is 12.8 Å². The molecule has 0 bridgehead atoms. The number of aromatic nitrogens is 2. The molecule has 1 aliphatic carbocycles. The van der Waals surface area contributed by atoms with E-state index in [0.29, 0.717) is 5.92 Å². The van der Waals surface area contributed by atoms with Crippen LogP contribution in [0.3, 0.4) is 0 Å². The Balaban J connectivity index is 1.21. The van der Waals surface area contributed by atoms with Crippen LogP contribution in [0.1, 0.15) is 56.9 Å². The third kappa shape index (κ3) is 4.32. The summed E-state index contributed by atoms with van der Waals surface area (Å²) in [5, 5.41) is 4.29. The molecule has 4 rings (SSSR count).